The number of anilines is 1. The molecule has 0 fully saturated rings. The molecule has 3 nitrogen and oxygen atoms in total. The number of hydrogen-bond donors (Lipinski definition) is 1. The lowest BCUT2D eigenvalue weighted by Gasteiger charge is -2.15. The lowest BCUT2D eigenvalue weighted by molar-refractivity contribution is -0.122. The minimum Gasteiger partial charge on any atom is -0.481 e. The monoisotopic (exact) mass is 337 g/mol. The van der Waals surface area contributed by atoms with E-state index in [2.05, 4.69) is 21.2 Å². The van der Waals surface area contributed by atoms with E-state index in [1.54, 1.807) is 31.2 Å². The van der Waals surface area contributed by atoms with Crippen LogP contribution in [0.4, 0.5) is 10.1 Å². The second kappa shape index (κ2) is 6.52. The zero-order valence-corrected chi connectivity index (χ0v) is 12.4. The molecular weight excluding hydrogens is 325 g/mol. The molecular formula is C15H13BrFNO2. The molecule has 0 saturated heterocycles. The van der Waals surface area contributed by atoms with Crippen molar-refractivity contribution in [2.75, 3.05) is 5.32 Å². The van der Waals surface area contributed by atoms with Crippen molar-refractivity contribution in [2.45, 2.75) is 13.0 Å². The molecule has 1 unspecified atom stereocenters. The number of para-hydroxylation sites is 1. The Bertz CT molecular complexity index is 601. The van der Waals surface area contributed by atoms with E-state index in [1.807, 2.05) is 12.1 Å². The summed E-state index contributed by atoms with van der Waals surface area (Å²) in [6.07, 6.45) is -0.726. The lowest BCUT2D eigenvalue weighted by atomic mass is 10.3. The third kappa shape index (κ3) is 3.81. The fourth-order valence-electron chi connectivity index (χ4n) is 1.57. The van der Waals surface area contributed by atoms with E-state index in [1.165, 1.54) is 12.1 Å². The molecule has 104 valence electrons. The zero-order valence-electron chi connectivity index (χ0n) is 10.8. The molecule has 0 heterocycles. The van der Waals surface area contributed by atoms with Crippen LogP contribution in [-0.4, -0.2) is 12.0 Å². The topological polar surface area (TPSA) is 38.3 Å². The Labute approximate surface area is 124 Å². The van der Waals surface area contributed by atoms with Gasteiger partial charge in [-0.05, 0) is 43.3 Å². The van der Waals surface area contributed by atoms with Gasteiger partial charge in [0.05, 0.1) is 5.69 Å². The van der Waals surface area contributed by atoms with Gasteiger partial charge in [0.15, 0.2) is 6.10 Å². The Morgan fingerprint density at radius 3 is 2.50 bits per heavy atom. The molecule has 2 aromatic rings. The summed E-state index contributed by atoms with van der Waals surface area (Å²) in [5.74, 6) is -0.306. The number of carbonyl (C=O) groups excluding carboxylic acids is 1. The number of nitrogens with one attached hydrogen (secondary N) is 1. The second-order valence-corrected chi connectivity index (χ2v) is 5.10. The highest BCUT2D eigenvalue weighted by Gasteiger charge is 2.16. The minimum absolute atomic E-state index is 0.142. The molecule has 2 rings (SSSR count). The van der Waals surface area contributed by atoms with Gasteiger partial charge in [-0.2, -0.15) is 0 Å². The van der Waals surface area contributed by atoms with Crippen molar-refractivity contribution in [1.29, 1.82) is 0 Å². The highest BCUT2D eigenvalue weighted by Crippen LogP contribution is 2.18. The first-order valence-electron chi connectivity index (χ1n) is 6.04. The Balaban J connectivity index is 1.99. The Kier molecular flexibility index (Phi) is 4.74. The minimum atomic E-state index is -0.726. The van der Waals surface area contributed by atoms with Crippen molar-refractivity contribution in [1.82, 2.24) is 0 Å². The molecule has 1 N–H and O–H groups in total. The Morgan fingerprint density at radius 1 is 1.20 bits per heavy atom. The standard InChI is InChI=1S/C15H13BrFNO2/c1-10(20-12-8-6-11(16)7-9-12)15(19)18-14-5-3-2-4-13(14)17/h2-10H,1H3,(H,18,19). The smallest absolute Gasteiger partial charge is 0.265 e. The first-order chi connectivity index (χ1) is 9.56. The first-order valence-corrected chi connectivity index (χ1v) is 6.83. The van der Waals surface area contributed by atoms with Gasteiger partial charge in [-0.25, -0.2) is 4.39 Å². The van der Waals surface area contributed by atoms with Crippen LogP contribution in [0.1, 0.15) is 6.92 Å². The van der Waals surface area contributed by atoms with E-state index >= 15 is 0 Å². The summed E-state index contributed by atoms with van der Waals surface area (Å²) in [5.41, 5.74) is 0.142. The normalized spacial score (nSPS) is 11.8. The predicted octanol–water partition coefficient (Wildman–Crippen LogP) is 3.99. The van der Waals surface area contributed by atoms with Crippen LogP contribution < -0.4 is 10.1 Å². The number of benzene rings is 2. The molecule has 0 aromatic heterocycles. The van der Waals surface area contributed by atoms with Crippen molar-refractivity contribution < 1.29 is 13.9 Å². The molecule has 0 aliphatic rings. The van der Waals surface area contributed by atoms with Gasteiger partial charge in [-0.1, -0.05) is 28.1 Å². The molecule has 1 atom stereocenters. The maximum Gasteiger partial charge on any atom is 0.265 e. The number of amides is 1. The molecule has 0 aliphatic carbocycles. The van der Waals surface area contributed by atoms with Crippen LogP contribution in [0, 0.1) is 5.82 Å². The zero-order chi connectivity index (χ0) is 14.5. The molecule has 0 spiro atoms. The number of halogens is 2. The van der Waals surface area contributed by atoms with E-state index in [0.717, 1.165) is 4.47 Å². The number of carbonyl (C=O) groups is 1. The SMILES string of the molecule is CC(Oc1ccc(Br)cc1)C(=O)Nc1ccccc1F. The summed E-state index contributed by atoms with van der Waals surface area (Å²) < 4.78 is 19.8. The van der Waals surface area contributed by atoms with Crippen LogP contribution in [0.5, 0.6) is 5.75 Å². The maximum atomic E-state index is 13.4. The first kappa shape index (κ1) is 14.5. The van der Waals surface area contributed by atoms with Crippen molar-refractivity contribution in [3.8, 4) is 5.75 Å². The molecule has 0 aliphatic heterocycles. The van der Waals surface area contributed by atoms with E-state index in [9.17, 15) is 9.18 Å². The highest BCUT2D eigenvalue weighted by molar-refractivity contribution is 9.10. The van der Waals surface area contributed by atoms with E-state index in [0.29, 0.717) is 5.75 Å². The van der Waals surface area contributed by atoms with Gasteiger partial charge in [-0.3, -0.25) is 4.79 Å². The maximum absolute atomic E-state index is 13.4. The van der Waals surface area contributed by atoms with Gasteiger partial charge in [0.25, 0.3) is 5.91 Å². The van der Waals surface area contributed by atoms with Crippen LogP contribution in [0.15, 0.2) is 53.0 Å². The van der Waals surface area contributed by atoms with Gasteiger partial charge < -0.3 is 10.1 Å². The van der Waals surface area contributed by atoms with Crippen molar-refractivity contribution in [2.24, 2.45) is 0 Å². The van der Waals surface area contributed by atoms with E-state index in [-0.39, 0.29) is 5.69 Å². The molecule has 2 aromatic carbocycles. The van der Waals surface area contributed by atoms with Gasteiger partial charge in [-0.15, -0.1) is 0 Å². The fourth-order valence-corrected chi connectivity index (χ4v) is 1.83. The largest absolute Gasteiger partial charge is 0.481 e. The average molecular weight is 338 g/mol. The summed E-state index contributed by atoms with van der Waals surface area (Å²) in [6, 6.07) is 13.1. The van der Waals surface area contributed by atoms with Gasteiger partial charge in [0, 0.05) is 4.47 Å². The van der Waals surface area contributed by atoms with Crippen LogP contribution in [-0.2, 0) is 4.79 Å². The molecule has 5 heteroatoms. The van der Waals surface area contributed by atoms with Crippen molar-refractivity contribution >= 4 is 27.5 Å². The van der Waals surface area contributed by atoms with Gasteiger partial charge in [0.1, 0.15) is 11.6 Å². The fraction of sp³-hybridized carbons (Fsp3) is 0.133. The molecule has 1 amide bonds. The molecule has 0 saturated carbocycles. The van der Waals surface area contributed by atoms with Gasteiger partial charge in [0.2, 0.25) is 0 Å². The van der Waals surface area contributed by atoms with Crippen LogP contribution in [0.3, 0.4) is 0 Å². The number of hydrogen-bond acceptors (Lipinski definition) is 2. The summed E-state index contributed by atoms with van der Waals surface area (Å²) in [6.45, 7) is 1.61. The summed E-state index contributed by atoms with van der Waals surface area (Å²) in [5, 5.41) is 2.49. The van der Waals surface area contributed by atoms with Crippen LogP contribution >= 0.6 is 15.9 Å². The van der Waals surface area contributed by atoms with E-state index in [4.69, 9.17) is 4.74 Å². The molecule has 0 bridgehead atoms. The number of ether oxygens (including phenoxy) is 1. The predicted molar refractivity (Wildman–Crippen MR) is 79.3 cm³/mol. The van der Waals surface area contributed by atoms with Crippen molar-refractivity contribution in [3.63, 3.8) is 0 Å². The summed E-state index contributed by atoms with van der Waals surface area (Å²) >= 11 is 3.32. The molecule has 0 radical (unpaired) electrons. The number of rotatable bonds is 4. The van der Waals surface area contributed by atoms with Gasteiger partial charge >= 0.3 is 0 Å². The third-order valence-electron chi connectivity index (χ3n) is 2.63. The second-order valence-electron chi connectivity index (χ2n) is 4.18. The third-order valence-corrected chi connectivity index (χ3v) is 3.16. The Morgan fingerprint density at radius 2 is 1.85 bits per heavy atom. The van der Waals surface area contributed by atoms with E-state index < -0.39 is 17.8 Å². The molecule has 20 heavy (non-hydrogen) atoms. The van der Waals surface area contributed by atoms with Crippen LogP contribution in [0.25, 0.3) is 0 Å². The highest BCUT2D eigenvalue weighted by atomic mass is 79.9. The Hall–Kier alpha value is -1.88. The van der Waals surface area contributed by atoms with Crippen molar-refractivity contribution in [3.05, 3.63) is 58.8 Å². The quantitative estimate of drug-likeness (QED) is 0.915. The lowest BCUT2D eigenvalue weighted by Crippen LogP contribution is -2.30. The summed E-state index contributed by atoms with van der Waals surface area (Å²) in [4.78, 5) is 11.9. The average Bonchev–Trinajstić information content (AvgIpc) is 2.44. The van der Waals surface area contributed by atoms with Crippen LogP contribution in [0.2, 0.25) is 0 Å². The summed E-state index contributed by atoms with van der Waals surface area (Å²) in [7, 11) is 0.